The number of aliphatic hydroxyl groups is 1. The number of hydrogen-bond acceptors (Lipinski definition) is 7. The standard InChI is InChI=1S/C28H30N2O6S.2H2/c1-18(2)24(16-31)30-37(33,34)22-9-6-19(7-10-22)23-5-3-4-21(29-23)15-27(32)28(12-13-28)20-8-11-25-26(14-20)36-17-35-25;;/h3-11,14,18,24,30-31H,12-13,15-17H2,1-2H3;2*1H/t24-;;/m0../s1. The number of nitrogens with zero attached hydrogens (tertiary/aromatic N) is 1. The van der Waals surface area contributed by atoms with Crippen LogP contribution in [0, 0.1) is 5.92 Å². The molecule has 2 heterocycles. The Morgan fingerprint density at radius 3 is 2.49 bits per heavy atom. The molecule has 1 aliphatic carbocycles. The monoisotopic (exact) mass is 526 g/mol. The number of benzene rings is 2. The van der Waals surface area contributed by atoms with Crippen molar-refractivity contribution in [2.75, 3.05) is 13.4 Å². The minimum Gasteiger partial charge on any atom is -0.454 e. The van der Waals surface area contributed by atoms with E-state index in [4.69, 9.17) is 9.47 Å². The van der Waals surface area contributed by atoms with E-state index >= 15 is 0 Å². The van der Waals surface area contributed by atoms with Crippen LogP contribution in [-0.2, 0) is 26.7 Å². The van der Waals surface area contributed by atoms with E-state index in [1.165, 1.54) is 12.1 Å². The third-order valence-corrected chi connectivity index (χ3v) is 8.63. The highest BCUT2D eigenvalue weighted by atomic mass is 32.2. The third-order valence-electron chi connectivity index (χ3n) is 7.13. The first-order valence-corrected chi connectivity index (χ1v) is 13.8. The molecule has 198 valence electrons. The van der Waals surface area contributed by atoms with Gasteiger partial charge in [-0.2, -0.15) is 0 Å². The van der Waals surface area contributed by atoms with Gasteiger partial charge in [0.1, 0.15) is 5.78 Å². The Morgan fingerprint density at radius 2 is 1.81 bits per heavy atom. The van der Waals surface area contributed by atoms with Gasteiger partial charge in [-0.15, -0.1) is 0 Å². The predicted molar refractivity (Wildman–Crippen MR) is 142 cm³/mol. The molecule has 1 aliphatic heterocycles. The van der Waals surface area contributed by atoms with Crippen LogP contribution in [0.2, 0.25) is 0 Å². The van der Waals surface area contributed by atoms with Gasteiger partial charge in [-0.25, -0.2) is 13.1 Å². The molecule has 3 aromatic rings. The zero-order valence-electron chi connectivity index (χ0n) is 20.8. The summed E-state index contributed by atoms with van der Waals surface area (Å²) >= 11 is 0. The lowest BCUT2D eigenvalue weighted by atomic mass is 9.88. The topological polar surface area (TPSA) is 115 Å². The van der Waals surface area contributed by atoms with Crippen molar-refractivity contribution in [3.05, 3.63) is 71.9 Å². The van der Waals surface area contributed by atoms with Crippen LogP contribution in [0.25, 0.3) is 11.3 Å². The van der Waals surface area contributed by atoms with E-state index in [9.17, 15) is 18.3 Å². The van der Waals surface area contributed by atoms with E-state index < -0.39 is 21.5 Å². The summed E-state index contributed by atoms with van der Waals surface area (Å²) in [6.07, 6.45) is 1.79. The fourth-order valence-corrected chi connectivity index (χ4v) is 5.95. The molecule has 5 rings (SSSR count). The summed E-state index contributed by atoms with van der Waals surface area (Å²) in [5, 5.41) is 9.47. The van der Waals surface area contributed by atoms with Crippen LogP contribution in [0.4, 0.5) is 0 Å². The van der Waals surface area contributed by atoms with Gasteiger partial charge in [0.2, 0.25) is 16.8 Å². The van der Waals surface area contributed by atoms with Crippen LogP contribution in [-0.4, -0.2) is 43.7 Å². The summed E-state index contributed by atoms with van der Waals surface area (Å²) < 4.78 is 38.9. The number of aliphatic hydroxyl groups excluding tert-OH is 1. The molecule has 0 unspecified atom stereocenters. The fourth-order valence-electron chi connectivity index (χ4n) is 4.58. The summed E-state index contributed by atoms with van der Waals surface area (Å²) in [6.45, 7) is 3.60. The molecule has 1 fully saturated rings. The van der Waals surface area contributed by atoms with E-state index in [1.807, 2.05) is 50.2 Å². The molecule has 0 amide bonds. The summed E-state index contributed by atoms with van der Waals surface area (Å²) in [4.78, 5) is 18.2. The number of ether oxygens (including phenoxy) is 2. The van der Waals surface area contributed by atoms with Crippen LogP contribution >= 0.6 is 0 Å². The first-order chi connectivity index (χ1) is 17.7. The molecule has 2 aromatic carbocycles. The number of rotatable bonds is 10. The Balaban J connectivity index is 0.00000210. The lowest BCUT2D eigenvalue weighted by Crippen LogP contribution is -2.41. The highest BCUT2D eigenvalue weighted by Crippen LogP contribution is 2.51. The smallest absolute Gasteiger partial charge is 0.240 e. The maximum atomic E-state index is 13.4. The zero-order valence-corrected chi connectivity index (χ0v) is 21.6. The quantitative estimate of drug-likeness (QED) is 0.409. The average molecular weight is 527 g/mol. The van der Waals surface area contributed by atoms with Crippen molar-refractivity contribution >= 4 is 15.8 Å². The number of aromatic nitrogens is 1. The normalized spacial score (nSPS) is 16.5. The molecule has 0 radical (unpaired) electrons. The number of carbonyl (C=O) groups excluding carboxylic acids is 1. The van der Waals surface area contributed by atoms with Gasteiger partial charge in [-0.3, -0.25) is 9.78 Å². The molecule has 8 nitrogen and oxygen atoms in total. The molecule has 1 atom stereocenters. The number of hydrogen-bond donors (Lipinski definition) is 2. The third kappa shape index (κ3) is 5.12. The molecule has 2 N–H and O–H groups in total. The van der Waals surface area contributed by atoms with Crippen molar-refractivity contribution < 1.29 is 30.6 Å². The first kappa shape index (κ1) is 25.4. The number of sulfonamides is 1. The summed E-state index contributed by atoms with van der Waals surface area (Å²) in [5.41, 5.74) is 2.50. The number of fused-ring (bicyclic) bond motifs is 1. The molecule has 0 spiro atoms. The molecule has 0 bridgehead atoms. The predicted octanol–water partition coefficient (Wildman–Crippen LogP) is 4.11. The summed E-state index contributed by atoms with van der Waals surface area (Å²) in [5.74, 6) is 1.44. The van der Waals surface area contributed by atoms with Crippen molar-refractivity contribution in [3.8, 4) is 22.8 Å². The second kappa shape index (κ2) is 9.89. The van der Waals surface area contributed by atoms with Crippen molar-refractivity contribution in [1.82, 2.24) is 9.71 Å². The van der Waals surface area contributed by atoms with Crippen LogP contribution in [0.5, 0.6) is 11.5 Å². The van der Waals surface area contributed by atoms with Crippen molar-refractivity contribution in [3.63, 3.8) is 0 Å². The van der Waals surface area contributed by atoms with E-state index in [0.29, 0.717) is 22.9 Å². The van der Waals surface area contributed by atoms with Gasteiger partial charge in [0.25, 0.3) is 0 Å². The SMILES string of the molecule is CC(C)[C@H](CO)NS(=O)(=O)c1ccc(-c2cccc(CC(=O)C3(c4ccc5c(c4)OCO5)CC3)n2)cc1.[HH].[HH]. The maximum absolute atomic E-state index is 13.4. The minimum absolute atomic E-state index is 0. The number of Topliss-reactive ketones (excluding diaryl/α,β-unsaturated/α-hetero) is 1. The molecule has 1 aromatic heterocycles. The number of carbonyl (C=O) groups is 1. The number of nitrogens with one attached hydrogen (secondary N) is 1. The van der Waals surface area contributed by atoms with Crippen molar-refractivity contribution in [2.45, 2.75) is 49.5 Å². The van der Waals surface area contributed by atoms with E-state index in [0.717, 1.165) is 24.0 Å². The van der Waals surface area contributed by atoms with Crippen molar-refractivity contribution in [2.24, 2.45) is 5.92 Å². The van der Waals surface area contributed by atoms with Gasteiger partial charge in [0.15, 0.2) is 11.5 Å². The largest absolute Gasteiger partial charge is 0.454 e. The zero-order chi connectivity index (χ0) is 26.2. The molecule has 0 saturated heterocycles. The lowest BCUT2D eigenvalue weighted by molar-refractivity contribution is -0.120. The molecule has 1 saturated carbocycles. The highest BCUT2D eigenvalue weighted by Gasteiger charge is 2.51. The van der Waals surface area contributed by atoms with Crippen molar-refractivity contribution in [1.29, 1.82) is 0 Å². The van der Waals surface area contributed by atoms with E-state index in [1.54, 1.807) is 12.1 Å². The van der Waals surface area contributed by atoms with Gasteiger partial charge in [-0.1, -0.05) is 38.1 Å². The molecular formula is C28H34N2O6S. The summed E-state index contributed by atoms with van der Waals surface area (Å²) in [6, 6.07) is 17.1. The lowest BCUT2D eigenvalue weighted by Gasteiger charge is -2.19. The van der Waals surface area contributed by atoms with E-state index in [2.05, 4.69) is 9.71 Å². The van der Waals surface area contributed by atoms with Gasteiger partial charge in [0, 0.05) is 26.6 Å². The molecular weight excluding hydrogens is 492 g/mol. The number of ketones is 1. The maximum Gasteiger partial charge on any atom is 0.240 e. The highest BCUT2D eigenvalue weighted by molar-refractivity contribution is 7.89. The van der Waals surface area contributed by atoms with Gasteiger partial charge in [-0.05, 0) is 60.7 Å². The minimum atomic E-state index is -3.77. The summed E-state index contributed by atoms with van der Waals surface area (Å²) in [7, 11) is -3.77. The Morgan fingerprint density at radius 1 is 1.08 bits per heavy atom. The Hall–Kier alpha value is -3.27. The Bertz CT molecular complexity index is 1430. The van der Waals surface area contributed by atoms with E-state index in [-0.39, 0.29) is 39.3 Å². The van der Waals surface area contributed by atoms with Crippen LogP contribution in [0.3, 0.4) is 0 Å². The van der Waals surface area contributed by atoms with Gasteiger partial charge in [0.05, 0.1) is 22.6 Å². The Kier molecular flexibility index (Phi) is 6.78. The number of pyridine rings is 1. The average Bonchev–Trinajstić information content (AvgIpc) is 3.58. The second-order valence-electron chi connectivity index (χ2n) is 9.94. The van der Waals surface area contributed by atoms with Gasteiger partial charge >= 0.3 is 0 Å². The first-order valence-electron chi connectivity index (χ1n) is 12.3. The fraction of sp³-hybridized carbons (Fsp3) is 0.357. The second-order valence-corrected chi connectivity index (χ2v) is 11.7. The van der Waals surface area contributed by atoms with Crippen LogP contribution < -0.4 is 14.2 Å². The van der Waals surface area contributed by atoms with Gasteiger partial charge < -0.3 is 14.6 Å². The van der Waals surface area contributed by atoms with Crippen LogP contribution in [0.1, 0.15) is 40.8 Å². The molecule has 2 aliphatic rings. The Labute approximate surface area is 219 Å². The molecule has 9 heteroatoms. The molecule has 37 heavy (non-hydrogen) atoms. The van der Waals surface area contributed by atoms with Crippen LogP contribution in [0.15, 0.2) is 65.6 Å².